The summed E-state index contributed by atoms with van der Waals surface area (Å²) < 4.78 is 52.7. The Kier molecular flexibility index (Phi) is 25.1. The van der Waals surface area contributed by atoms with Crippen LogP contribution in [0.2, 0.25) is 0 Å². The average molecular weight is 859 g/mol. The molecule has 18 nitrogen and oxygen atoms in total. The maximum atomic E-state index is 10.2. The largest absolute Gasteiger partial charge is 0.394 e. The van der Waals surface area contributed by atoms with Crippen LogP contribution < -0.4 is 0 Å². The van der Waals surface area contributed by atoms with Gasteiger partial charge in [0.05, 0.1) is 58.0 Å². The molecule has 15 atom stereocenters. The Bertz CT molecular complexity index is 945. The fourth-order valence-corrected chi connectivity index (χ4v) is 7.36. The third kappa shape index (κ3) is 17.1. The molecular weight excluding hydrogens is 780 g/mol. The zero-order chi connectivity index (χ0) is 43.4. The summed E-state index contributed by atoms with van der Waals surface area (Å²) in [5.41, 5.74) is -0.398. The van der Waals surface area contributed by atoms with Gasteiger partial charge in [-0.15, -0.1) is 0 Å². The molecule has 3 rings (SSSR count). The molecule has 0 aromatic rings. The molecule has 6 unspecified atom stereocenters. The van der Waals surface area contributed by atoms with Gasteiger partial charge in [0.25, 0.3) is 0 Å². The van der Waals surface area contributed by atoms with Gasteiger partial charge >= 0.3 is 0 Å². The standard InChI is InChI=1S/C41H78O18/c1-26-32(45)35(48)29(20-42)57-38(26)54-17-11-5-8-14-51-23-41(4,24-52-15-9-6-12-18-55-39-27(2)33(46)36(49)30(21-43)58-39)25-53-16-10-7-13-19-56-40-28(3)34(47)37(50)31(22-44)59-40/h26-40,42-50H,5-25H2,1-4H3/t26-,27-,28-,29?,30?,31?,32?,33?,34?,35-,36-,37-,38+,39+,40+,41?/m0/s1. The van der Waals surface area contributed by atoms with Gasteiger partial charge in [0.2, 0.25) is 0 Å². The first-order chi connectivity index (χ1) is 28.3. The second-order valence-electron chi connectivity index (χ2n) is 17.0. The molecule has 0 amide bonds. The van der Waals surface area contributed by atoms with Crippen LogP contribution in [-0.4, -0.2) is 199 Å². The fraction of sp³-hybridized carbons (Fsp3) is 1.00. The zero-order valence-electron chi connectivity index (χ0n) is 35.7. The quantitative estimate of drug-likeness (QED) is 0.0425. The topological polar surface area (TPSA) is 265 Å². The van der Waals surface area contributed by atoms with Crippen LogP contribution in [0.15, 0.2) is 0 Å². The van der Waals surface area contributed by atoms with E-state index in [1.165, 1.54) is 0 Å². The van der Waals surface area contributed by atoms with Gasteiger partial charge < -0.3 is 88.6 Å². The minimum Gasteiger partial charge on any atom is -0.394 e. The number of rotatable bonds is 30. The summed E-state index contributed by atoms with van der Waals surface area (Å²) >= 11 is 0. The average Bonchev–Trinajstić information content (AvgIpc) is 3.23. The monoisotopic (exact) mass is 859 g/mol. The Labute approximate surface area is 349 Å². The van der Waals surface area contributed by atoms with Crippen molar-refractivity contribution in [3.05, 3.63) is 0 Å². The molecule has 0 spiro atoms. The van der Waals surface area contributed by atoms with Crippen LogP contribution in [0.1, 0.15) is 85.5 Å². The van der Waals surface area contributed by atoms with Crippen LogP contribution in [0.3, 0.4) is 0 Å². The minimum atomic E-state index is -1.16. The predicted molar refractivity (Wildman–Crippen MR) is 211 cm³/mol. The van der Waals surface area contributed by atoms with Crippen molar-refractivity contribution in [3.63, 3.8) is 0 Å². The van der Waals surface area contributed by atoms with Crippen LogP contribution in [0.5, 0.6) is 0 Å². The van der Waals surface area contributed by atoms with E-state index in [2.05, 4.69) is 6.92 Å². The summed E-state index contributed by atoms with van der Waals surface area (Å²) in [5, 5.41) is 89.2. The molecule has 18 heteroatoms. The molecule has 0 radical (unpaired) electrons. The summed E-state index contributed by atoms with van der Waals surface area (Å²) in [7, 11) is 0. The number of hydrogen-bond donors (Lipinski definition) is 9. The van der Waals surface area contributed by atoms with Crippen LogP contribution in [0.4, 0.5) is 0 Å². The highest BCUT2D eigenvalue weighted by Crippen LogP contribution is 2.29. The molecule has 59 heavy (non-hydrogen) atoms. The summed E-state index contributed by atoms with van der Waals surface area (Å²) in [4.78, 5) is 0. The van der Waals surface area contributed by atoms with Crippen molar-refractivity contribution in [1.82, 2.24) is 0 Å². The maximum absolute atomic E-state index is 10.2. The molecule has 350 valence electrons. The van der Waals surface area contributed by atoms with Gasteiger partial charge in [-0.3, -0.25) is 0 Å². The first kappa shape index (κ1) is 52.6. The van der Waals surface area contributed by atoms with Crippen LogP contribution in [-0.2, 0) is 42.6 Å². The van der Waals surface area contributed by atoms with Gasteiger partial charge in [-0.2, -0.15) is 0 Å². The number of aliphatic hydroxyl groups excluding tert-OH is 9. The third-order valence-corrected chi connectivity index (χ3v) is 11.6. The summed E-state index contributed by atoms with van der Waals surface area (Å²) in [6.07, 6.45) is -4.15. The van der Waals surface area contributed by atoms with Crippen molar-refractivity contribution in [1.29, 1.82) is 0 Å². The molecule has 3 saturated heterocycles. The molecular formula is C41H78O18. The van der Waals surface area contributed by atoms with Crippen molar-refractivity contribution < 1.29 is 88.6 Å². The lowest BCUT2D eigenvalue weighted by atomic mass is 9.92. The minimum absolute atomic E-state index is 0.398. The zero-order valence-corrected chi connectivity index (χ0v) is 35.7. The summed E-state index contributed by atoms with van der Waals surface area (Å²) in [6, 6.07) is 0. The number of unbranched alkanes of at least 4 members (excludes halogenated alkanes) is 6. The molecule has 0 aromatic heterocycles. The predicted octanol–water partition coefficient (Wildman–Crippen LogP) is -0.171. The Morgan fingerprint density at radius 3 is 0.898 bits per heavy atom. The van der Waals surface area contributed by atoms with E-state index in [1.807, 2.05) is 0 Å². The summed E-state index contributed by atoms with van der Waals surface area (Å²) in [6.45, 7) is 10.2. The van der Waals surface area contributed by atoms with E-state index in [1.54, 1.807) is 20.8 Å². The highest BCUT2D eigenvalue weighted by atomic mass is 16.7. The SMILES string of the molecule is C[C@H]1C(O)[C@@H](O)C(CO)O[C@H]1OCCCCCOCC(C)(COCCCCCO[C@@H]1OC(CO)[C@H](O)C(O)[C@@H]1C)COCCCCCO[C@@H]1OC(CO)[C@H](O)C(O)[C@@H]1C. The number of hydrogen-bond acceptors (Lipinski definition) is 18. The van der Waals surface area contributed by atoms with Crippen LogP contribution in [0.25, 0.3) is 0 Å². The van der Waals surface area contributed by atoms with Crippen molar-refractivity contribution in [2.45, 2.75) is 159 Å². The normalized spacial score (nSPS) is 36.5. The Hall–Kier alpha value is -0.720. The van der Waals surface area contributed by atoms with Gasteiger partial charge in [0, 0.05) is 62.8 Å². The van der Waals surface area contributed by atoms with Crippen LogP contribution >= 0.6 is 0 Å². The second-order valence-corrected chi connectivity index (χ2v) is 17.0. The molecule has 0 aliphatic carbocycles. The Balaban J connectivity index is 1.33. The molecule has 9 N–H and O–H groups in total. The van der Waals surface area contributed by atoms with Gasteiger partial charge in [0.15, 0.2) is 18.9 Å². The smallest absolute Gasteiger partial charge is 0.163 e. The lowest BCUT2D eigenvalue weighted by Gasteiger charge is -2.40. The fourth-order valence-electron chi connectivity index (χ4n) is 7.36. The highest BCUT2D eigenvalue weighted by Gasteiger charge is 2.44. The molecule has 0 aromatic carbocycles. The second kappa shape index (κ2) is 28.2. The Morgan fingerprint density at radius 2 is 0.644 bits per heavy atom. The third-order valence-electron chi connectivity index (χ3n) is 11.6. The van der Waals surface area contributed by atoms with Gasteiger partial charge in [-0.1, -0.05) is 27.7 Å². The maximum Gasteiger partial charge on any atom is 0.163 e. The van der Waals surface area contributed by atoms with E-state index in [0.717, 1.165) is 57.8 Å². The van der Waals surface area contributed by atoms with E-state index in [0.29, 0.717) is 59.5 Å². The van der Waals surface area contributed by atoms with Crippen molar-refractivity contribution in [2.24, 2.45) is 23.2 Å². The molecule has 3 fully saturated rings. The molecule has 3 aliphatic heterocycles. The summed E-state index contributed by atoms with van der Waals surface area (Å²) in [5.74, 6) is -1.29. The van der Waals surface area contributed by atoms with E-state index < -0.39 is 117 Å². The first-order valence-electron chi connectivity index (χ1n) is 21.7. The molecule has 0 saturated carbocycles. The first-order valence-corrected chi connectivity index (χ1v) is 21.7. The van der Waals surface area contributed by atoms with Crippen molar-refractivity contribution in [3.8, 4) is 0 Å². The number of aliphatic hydroxyl groups is 9. The molecule has 3 aliphatic rings. The lowest BCUT2D eigenvalue weighted by Crippen LogP contribution is -2.55. The Morgan fingerprint density at radius 1 is 0.390 bits per heavy atom. The van der Waals surface area contributed by atoms with Crippen molar-refractivity contribution in [2.75, 3.05) is 79.3 Å². The lowest BCUT2D eigenvalue weighted by molar-refractivity contribution is -0.282. The van der Waals surface area contributed by atoms with E-state index in [9.17, 15) is 46.0 Å². The van der Waals surface area contributed by atoms with Gasteiger partial charge in [-0.05, 0) is 57.8 Å². The van der Waals surface area contributed by atoms with E-state index in [-0.39, 0.29) is 0 Å². The molecule has 3 heterocycles. The van der Waals surface area contributed by atoms with E-state index >= 15 is 0 Å². The highest BCUT2D eigenvalue weighted by molar-refractivity contribution is 4.89. The van der Waals surface area contributed by atoms with Crippen molar-refractivity contribution >= 4 is 0 Å². The van der Waals surface area contributed by atoms with E-state index in [4.69, 9.17) is 42.6 Å². The van der Waals surface area contributed by atoms with Crippen LogP contribution in [0, 0.1) is 23.2 Å². The molecule has 0 bridgehead atoms. The van der Waals surface area contributed by atoms with Gasteiger partial charge in [0.1, 0.15) is 36.6 Å². The number of ether oxygens (including phenoxy) is 9. The van der Waals surface area contributed by atoms with Gasteiger partial charge in [-0.25, -0.2) is 0 Å².